The van der Waals surface area contributed by atoms with Gasteiger partial charge in [-0.3, -0.25) is 0 Å². The molecule has 1 aromatic carbocycles. The summed E-state index contributed by atoms with van der Waals surface area (Å²) in [4.78, 5) is 0. The smallest absolute Gasteiger partial charge is 0.0827 e. The molecule has 0 spiro atoms. The fourth-order valence-corrected chi connectivity index (χ4v) is 1.37. The Kier molecular flexibility index (Phi) is 2.67. The van der Waals surface area contributed by atoms with Crippen LogP contribution in [0.15, 0.2) is 22.7 Å². The Hall–Kier alpha value is -0.235. The van der Waals surface area contributed by atoms with E-state index in [1.54, 1.807) is 0 Å². The minimum Gasteiger partial charge on any atom is -0.0827 e. The van der Waals surface area contributed by atoms with E-state index in [0.717, 1.165) is 9.94 Å². The first-order chi connectivity index (χ1) is 5.41. The average Bonchev–Trinajstić information content (AvgIpc) is 1.92. The summed E-state index contributed by atoms with van der Waals surface area (Å²) in [6.07, 6.45) is 0. The zero-order valence-corrected chi connectivity index (χ0v) is 9.27. The number of rotatable bonds is 0. The molecule has 0 amide bonds. The van der Waals surface area contributed by atoms with Gasteiger partial charge in [0.25, 0.3) is 0 Å². The van der Waals surface area contributed by atoms with Crippen LogP contribution in [0.25, 0.3) is 0 Å². The van der Waals surface area contributed by atoms with Gasteiger partial charge in [-0.1, -0.05) is 54.3 Å². The molecule has 62 valence electrons. The van der Waals surface area contributed by atoms with Crippen molar-refractivity contribution in [3.05, 3.63) is 28.2 Å². The molecular formula is C10H12BBr. The van der Waals surface area contributed by atoms with E-state index in [4.69, 9.17) is 7.85 Å². The molecule has 0 atom stereocenters. The maximum absolute atomic E-state index is 5.69. The van der Waals surface area contributed by atoms with Gasteiger partial charge in [0.05, 0.1) is 0 Å². The monoisotopic (exact) mass is 222 g/mol. The summed E-state index contributed by atoms with van der Waals surface area (Å²) in [6, 6.07) is 6.08. The molecule has 0 N–H and O–H groups in total. The Labute approximate surface area is 83.9 Å². The summed E-state index contributed by atoms with van der Waals surface area (Å²) >= 11 is 3.41. The van der Waals surface area contributed by atoms with Crippen molar-refractivity contribution in [2.24, 2.45) is 0 Å². The number of hydrogen-bond acceptors (Lipinski definition) is 0. The van der Waals surface area contributed by atoms with Gasteiger partial charge in [-0.05, 0) is 17.0 Å². The zero-order valence-electron chi connectivity index (χ0n) is 7.69. The van der Waals surface area contributed by atoms with E-state index in [1.165, 1.54) is 5.56 Å². The molecule has 0 saturated carbocycles. The van der Waals surface area contributed by atoms with Gasteiger partial charge in [0, 0.05) is 4.47 Å². The number of halogens is 1. The second-order valence-corrected chi connectivity index (χ2v) is 4.84. The Balaban J connectivity index is 3.14. The van der Waals surface area contributed by atoms with Crippen LogP contribution in [-0.2, 0) is 5.41 Å². The van der Waals surface area contributed by atoms with Gasteiger partial charge in [0.2, 0.25) is 0 Å². The molecule has 0 fully saturated rings. The van der Waals surface area contributed by atoms with Crippen molar-refractivity contribution in [1.82, 2.24) is 0 Å². The van der Waals surface area contributed by atoms with E-state index in [0.29, 0.717) is 0 Å². The van der Waals surface area contributed by atoms with Crippen molar-refractivity contribution in [2.45, 2.75) is 26.2 Å². The lowest BCUT2D eigenvalue weighted by atomic mass is 9.84. The van der Waals surface area contributed by atoms with E-state index < -0.39 is 0 Å². The highest BCUT2D eigenvalue weighted by Gasteiger charge is 2.13. The maximum atomic E-state index is 5.69. The molecule has 1 aromatic rings. The van der Waals surface area contributed by atoms with E-state index in [9.17, 15) is 0 Å². The van der Waals surface area contributed by atoms with Crippen LogP contribution in [0, 0.1) is 0 Å². The molecule has 2 heteroatoms. The lowest BCUT2D eigenvalue weighted by Crippen LogP contribution is -2.14. The standard InChI is InChI=1S/C10H12BBr/c1-10(2,3)7-4-5-8(11)9(12)6-7/h4-6H,1-3H3. The van der Waals surface area contributed by atoms with Crippen LogP contribution in [-0.4, -0.2) is 7.85 Å². The fraction of sp³-hybridized carbons (Fsp3) is 0.400. The maximum Gasteiger partial charge on any atom is 0.115 e. The Bertz CT molecular complexity index is 286. The Morgan fingerprint density at radius 1 is 1.25 bits per heavy atom. The summed E-state index contributed by atoms with van der Waals surface area (Å²) in [7, 11) is 5.69. The SMILES string of the molecule is [B]c1ccc(C(C)(C)C)cc1Br. The molecule has 2 radical (unpaired) electrons. The molecule has 0 aliphatic rings. The van der Waals surface area contributed by atoms with Crippen LogP contribution in [0.5, 0.6) is 0 Å². The number of hydrogen-bond donors (Lipinski definition) is 0. The van der Waals surface area contributed by atoms with Crippen molar-refractivity contribution in [2.75, 3.05) is 0 Å². The predicted molar refractivity (Wildman–Crippen MR) is 58.2 cm³/mol. The summed E-state index contributed by atoms with van der Waals surface area (Å²) in [5.41, 5.74) is 2.28. The lowest BCUT2D eigenvalue weighted by molar-refractivity contribution is 0.590. The van der Waals surface area contributed by atoms with Crippen LogP contribution < -0.4 is 5.46 Å². The summed E-state index contributed by atoms with van der Waals surface area (Å²) < 4.78 is 0.981. The number of benzene rings is 1. The molecule has 0 aliphatic carbocycles. The minimum absolute atomic E-state index is 0.191. The topological polar surface area (TPSA) is 0 Å². The third kappa shape index (κ3) is 2.13. The first-order valence-electron chi connectivity index (χ1n) is 3.97. The lowest BCUT2D eigenvalue weighted by Gasteiger charge is -2.19. The largest absolute Gasteiger partial charge is 0.115 e. The highest BCUT2D eigenvalue weighted by Crippen LogP contribution is 2.23. The van der Waals surface area contributed by atoms with Crippen molar-refractivity contribution in [3.8, 4) is 0 Å². The van der Waals surface area contributed by atoms with Crippen molar-refractivity contribution < 1.29 is 0 Å². The van der Waals surface area contributed by atoms with Crippen LogP contribution in [0.1, 0.15) is 26.3 Å². The van der Waals surface area contributed by atoms with Crippen molar-refractivity contribution >= 4 is 29.2 Å². The van der Waals surface area contributed by atoms with E-state index in [-0.39, 0.29) is 5.41 Å². The quantitative estimate of drug-likeness (QED) is 0.592. The van der Waals surface area contributed by atoms with Crippen LogP contribution >= 0.6 is 15.9 Å². The molecule has 0 aromatic heterocycles. The van der Waals surface area contributed by atoms with Gasteiger partial charge >= 0.3 is 0 Å². The second-order valence-electron chi connectivity index (χ2n) is 3.99. The van der Waals surface area contributed by atoms with Crippen LogP contribution in [0.3, 0.4) is 0 Å². The molecule has 0 bridgehead atoms. The van der Waals surface area contributed by atoms with Crippen LogP contribution in [0.4, 0.5) is 0 Å². The van der Waals surface area contributed by atoms with Gasteiger partial charge < -0.3 is 0 Å². The summed E-state index contributed by atoms with van der Waals surface area (Å²) in [5.74, 6) is 0. The zero-order chi connectivity index (χ0) is 9.35. The third-order valence-electron chi connectivity index (χ3n) is 1.87. The highest BCUT2D eigenvalue weighted by atomic mass is 79.9. The second kappa shape index (κ2) is 3.25. The third-order valence-corrected chi connectivity index (χ3v) is 2.55. The van der Waals surface area contributed by atoms with Crippen molar-refractivity contribution in [3.63, 3.8) is 0 Å². The van der Waals surface area contributed by atoms with E-state index in [2.05, 4.69) is 48.8 Å². The molecule has 1 rings (SSSR count). The molecule has 12 heavy (non-hydrogen) atoms. The first kappa shape index (κ1) is 9.85. The fourth-order valence-electron chi connectivity index (χ4n) is 0.994. The summed E-state index contributed by atoms with van der Waals surface area (Å²) in [6.45, 7) is 6.56. The molecular weight excluding hydrogens is 211 g/mol. The van der Waals surface area contributed by atoms with Gasteiger partial charge in [0.15, 0.2) is 0 Å². The molecule has 0 unspecified atom stereocenters. The van der Waals surface area contributed by atoms with Gasteiger partial charge in [-0.15, -0.1) is 0 Å². The normalized spacial score (nSPS) is 11.7. The van der Waals surface area contributed by atoms with E-state index in [1.807, 2.05) is 6.07 Å². The van der Waals surface area contributed by atoms with Gasteiger partial charge in [0.1, 0.15) is 7.85 Å². The van der Waals surface area contributed by atoms with Gasteiger partial charge in [-0.2, -0.15) is 0 Å². The Morgan fingerprint density at radius 2 is 1.83 bits per heavy atom. The molecule has 0 aliphatic heterocycles. The van der Waals surface area contributed by atoms with Gasteiger partial charge in [-0.25, -0.2) is 0 Å². The highest BCUT2D eigenvalue weighted by molar-refractivity contribution is 9.10. The molecule has 0 heterocycles. The minimum atomic E-state index is 0.191. The molecule has 0 nitrogen and oxygen atoms in total. The Morgan fingerprint density at radius 3 is 2.25 bits per heavy atom. The summed E-state index contributed by atoms with van der Waals surface area (Å²) in [5, 5.41) is 0. The van der Waals surface area contributed by atoms with Crippen molar-refractivity contribution in [1.29, 1.82) is 0 Å². The molecule has 0 saturated heterocycles. The average molecular weight is 223 g/mol. The van der Waals surface area contributed by atoms with Crippen LogP contribution in [0.2, 0.25) is 0 Å². The first-order valence-corrected chi connectivity index (χ1v) is 4.76. The predicted octanol–water partition coefficient (Wildman–Crippen LogP) is 2.54. The van der Waals surface area contributed by atoms with E-state index >= 15 is 0 Å².